The van der Waals surface area contributed by atoms with Crippen LogP contribution in [-0.2, 0) is 11.8 Å². The van der Waals surface area contributed by atoms with Crippen LogP contribution in [-0.4, -0.2) is 21.4 Å². The molecule has 21 heavy (non-hydrogen) atoms. The van der Waals surface area contributed by atoms with Crippen LogP contribution in [0.2, 0.25) is 0 Å². The van der Waals surface area contributed by atoms with Crippen LogP contribution < -0.4 is 4.74 Å². The van der Waals surface area contributed by atoms with Crippen LogP contribution in [0.15, 0.2) is 18.2 Å². The van der Waals surface area contributed by atoms with Crippen LogP contribution in [0.1, 0.15) is 38.4 Å². The zero-order valence-electron chi connectivity index (χ0n) is 12.9. The first kappa shape index (κ1) is 14.1. The Morgan fingerprint density at radius 3 is 2.67 bits per heavy atom. The number of carbonyl (C=O) groups excluding carboxylic acids is 1. The van der Waals surface area contributed by atoms with Crippen LogP contribution in [0, 0.1) is 12.8 Å². The van der Waals surface area contributed by atoms with Gasteiger partial charge in [0.1, 0.15) is 17.4 Å². The van der Waals surface area contributed by atoms with Gasteiger partial charge in [0.25, 0.3) is 0 Å². The topological polar surface area (TPSA) is 44.1 Å². The lowest BCUT2D eigenvalue weighted by atomic mass is 9.85. The summed E-state index contributed by atoms with van der Waals surface area (Å²) in [6.45, 7) is 3.70. The third kappa shape index (κ3) is 2.80. The quantitative estimate of drug-likeness (QED) is 0.868. The summed E-state index contributed by atoms with van der Waals surface area (Å²) in [5.74, 6) is 2.44. The molecule has 0 amide bonds. The zero-order chi connectivity index (χ0) is 15.0. The van der Waals surface area contributed by atoms with Gasteiger partial charge in [0.15, 0.2) is 0 Å². The maximum atomic E-state index is 11.4. The number of hydrogen-bond donors (Lipinski definition) is 0. The average Bonchev–Trinajstić information content (AvgIpc) is 2.74. The smallest absolute Gasteiger partial charge is 0.132 e. The molecule has 0 bridgehead atoms. The molecule has 2 aromatic rings. The van der Waals surface area contributed by atoms with Gasteiger partial charge in [-0.05, 0) is 51.7 Å². The number of ketones is 1. The van der Waals surface area contributed by atoms with Crippen molar-refractivity contribution < 1.29 is 9.53 Å². The SMILES string of the molecule is CC(=O)C1CCC(Oc2ccc3c(c2)nc(C)n3C)CC1. The van der Waals surface area contributed by atoms with Crippen molar-refractivity contribution in [3.05, 3.63) is 24.0 Å². The normalized spacial score (nSPS) is 22.4. The minimum Gasteiger partial charge on any atom is -0.490 e. The Labute approximate surface area is 125 Å². The largest absolute Gasteiger partial charge is 0.490 e. The molecule has 1 aliphatic carbocycles. The van der Waals surface area contributed by atoms with E-state index in [0.29, 0.717) is 5.78 Å². The standard InChI is InChI=1S/C17H22N2O2/c1-11(20)13-4-6-14(7-5-13)21-15-8-9-17-16(10-15)18-12(2)19(17)3/h8-10,13-14H,4-7H2,1-3H3. The van der Waals surface area contributed by atoms with E-state index < -0.39 is 0 Å². The number of aromatic nitrogens is 2. The van der Waals surface area contributed by atoms with Crippen LogP contribution in [0.25, 0.3) is 11.0 Å². The molecule has 0 N–H and O–H groups in total. The molecule has 4 heteroatoms. The van der Waals surface area contributed by atoms with Gasteiger partial charge in [0.2, 0.25) is 0 Å². The Morgan fingerprint density at radius 2 is 2.00 bits per heavy atom. The highest BCUT2D eigenvalue weighted by atomic mass is 16.5. The maximum Gasteiger partial charge on any atom is 0.132 e. The van der Waals surface area contributed by atoms with E-state index in [-0.39, 0.29) is 12.0 Å². The lowest BCUT2D eigenvalue weighted by Gasteiger charge is -2.27. The van der Waals surface area contributed by atoms with Crippen molar-refractivity contribution in [2.45, 2.75) is 45.6 Å². The van der Waals surface area contributed by atoms with Crippen LogP contribution in [0.4, 0.5) is 0 Å². The highest BCUT2D eigenvalue weighted by Crippen LogP contribution is 2.29. The summed E-state index contributed by atoms with van der Waals surface area (Å²) < 4.78 is 8.16. The van der Waals surface area contributed by atoms with Crippen molar-refractivity contribution in [2.75, 3.05) is 0 Å². The molecule has 1 aromatic heterocycles. The van der Waals surface area contributed by atoms with Gasteiger partial charge in [-0.15, -0.1) is 0 Å². The van der Waals surface area contributed by atoms with Gasteiger partial charge in [-0.3, -0.25) is 4.79 Å². The van der Waals surface area contributed by atoms with Crippen molar-refractivity contribution in [1.82, 2.24) is 9.55 Å². The van der Waals surface area contributed by atoms with Gasteiger partial charge in [0, 0.05) is 19.0 Å². The van der Waals surface area contributed by atoms with Gasteiger partial charge in [-0.25, -0.2) is 4.98 Å². The highest BCUT2D eigenvalue weighted by molar-refractivity contribution is 5.78. The van der Waals surface area contributed by atoms with E-state index in [9.17, 15) is 4.79 Å². The van der Waals surface area contributed by atoms with Crippen molar-refractivity contribution >= 4 is 16.8 Å². The minimum atomic E-state index is 0.225. The molecule has 1 heterocycles. The molecule has 1 aromatic carbocycles. The van der Waals surface area contributed by atoms with Gasteiger partial charge < -0.3 is 9.30 Å². The predicted octanol–water partition coefficient (Wildman–Crippen LogP) is 3.41. The van der Waals surface area contributed by atoms with Crippen LogP contribution in [0.5, 0.6) is 5.75 Å². The molecule has 4 nitrogen and oxygen atoms in total. The molecule has 0 spiro atoms. The Bertz CT molecular complexity index is 667. The fraction of sp³-hybridized carbons (Fsp3) is 0.529. The zero-order valence-corrected chi connectivity index (χ0v) is 12.9. The molecular formula is C17H22N2O2. The van der Waals surface area contributed by atoms with Gasteiger partial charge in [0.05, 0.1) is 17.1 Å². The van der Waals surface area contributed by atoms with Crippen molar-refractivity contribution in [2.24, 2.45) is 13.0 Å². The summed E-state index contributed by atoms with van der Waals surface area (Å²) in [5.41, 5.74) is 2.10. The molecule has 1 saturated carbocycles. The first-order chi connectivity index (χ1) is 10.0. The number of aryl methyl sites for hydroxylation is 2. The first-order valence-corrected chi connectivity index (χ1v) is 7.65. The fourth-order valence-corrected chi connectivity index (χ4v) is 3.15. The fourth-order valence-electron chi connectivity index (χ4n) is 3.15. The summed E-state index contributed by atoms with van der Waals surface area (Å²) in [6, 6.07) is 6.09. The second-order valence-electron chi connectivity index (χ2n) is 6.07. The molecule has 0 saturated heterocycles. The number of ether oxygens (including phenoxy) is 1. The third-order valence-electron chi connectivity index (χ3n) is 4.63. The van der Waals surface area contributed by atoms with E-state index in [4.69, 9.17) is 4.74 Å². The van der Waals surface area contributed by atoms with Crippen LogP contribution in [0.3, 0.4) is 0 Å². The molecule has 112 valence electrons. The molecule has 3 rings (SSSR count). The Kier molecular flexibility index (Phi) is 3.70. The molecule has 1 aliphatic rings. The number of carbonyl (C=O) groups is 1. The molecule has 0 radical (unpaired) electrons. The summed E-state index contributed by atoms with van der Waals surface area (Å²) in [4.78, 5) is 15.9. The van der Waals surface area contributed by atoms with E-state index in [1.807, 2.05) is 26.1 Å². The molecular weight excluding hydrogens is 264 g/mol. The lowest BCUT2D eigenvalue weighted by molar-refractivity contribution is -0.122. The summed E-state index contributed by atoms with van der Waals surface area (Å²) in [5, 5.41) is 0. The predicted molar refractivity (Wildman–Crippen MR) is 82.5 cm³/mol. The number of fused-ring (bicyclic) bond motifs is 1. The summed E-state index contributed by atoms with van der Waals surface area (Å²) in [6.07, 6.45) is 4.05. The average molecular weight is 286 g/mol. The van der Waals surface area contributed by atoms with Gasteiger partial charge in [-0.2, -0.15) is 0 Å². The van der Waals surface area contributed by atoms with E-state index >= 15 is 0 Å². The number of nitrogens with zero attached hydrogens (tertiary/aromatic N) is 2. The Balaban J connectivity index is 1.70. The van der Waals surface area contributed by atoms with E-state index in [1.165, 1.54) is 0 Å². The van der Waals surface area contributed by atoms with Gasteiger partial charge in [-0.1, -0.05) is 0 Å². The number of Topliss-reactive ketones (excluding diaryl/α,β-unsaturated/α-hetero) is 1. The monoisotopic (exact) mass is 286 g/mol. The molecule has 0 unspecified atom stereocenters. The second-order valence-corrected chi connectivity index (χ2v) is 6.07. The molecule has 0 atom stereocenters. The van der Waals surface area contributed by atoms with Crippen molar-refractivity contribution in [3.63, 3.8) is 0 Å². The number of benzene rings is 1. The van der Waals surface area contributed by atoms with Crippen molar-refractivity contribution in [1.29, 1.82) is 0 Å². The highest BCUT2D eigenvalue weighted by Gasteiger charge is 2.25. The van der Waals surface area contributed by atoms with Crippen molar-refractivity contribution in [3.8, 4) is 5.75 Å². The molecule has 0 aliphatic heterocycles. The Hall–Kier alpha value is -1.84. The molecule has 1 fully saturated rings. The maximum absolute atomic E-state index is 11.4. The van der Waals surface area contributed by atoms with E-state index in [2.05, 4.69) is 15.6 Å². The number of imidazole rings is 1. The summed E-state index contributed by atoms with van der Waals surface area (Å²) in [7, 11) is 2.02. The number of hydrogen-bond acceptors (Lipinski definition) is 3. The van der Waals surface area contributed by atoms with E-state index in [0.717, 1.165) is 48.3 Å². The summed E-state index contributed by atoms with van der Waals surface area (Å²) >= 11 is 0. The van der Waals surface area contributed by atoms with Gasteiger partial charge >= 0.3 is 0 Å². The second kappa shape index (κ2) is 5.51. The van der Waals surface area contributed by atoms with Crippen LogP contribution >= 0.6 is 0 Å². The minimum absolute atomic E-state index is 0.225. The lowest BCUT2D eigenvalue weighted by Crippen LogP contribution is -2.26. The third-order valence-corrected chi connectivity index (χ3v) is 4.63. The van der Waals surface area contributed by atoms with E-state index in [1.54, 1.807) is 6.92 Å². The first-order valence-electron chi connectivity index (χ1n) is 7.65. The Morgan fingerprint density at radius 1 is 1.29 bits per heavy atom. The number of rotatable bonds is 3.